The highest BCUT2D eigenvalue weighted by Crippen LogP contribution is 2.27. The van der Waals surface area contributed by atoms with Gasteiger partial charge in [-0.25, -0.2) is 4.98 Å². The molecular formula is C21H22N2O3S. The fourth-order valence-corrected chi connectivity index (χ4v) is 3.27. The maximum absolute atomic E-state index is 12.7. The number of nitrogens with zero attached hydrogens (tertiary/aromatic N) is 1. The Morgan fingerprint density at radius 2 is 1.67 bits per heavy atom. The first-order valence-electron chi connectivity index (χ1n) is 8.83. The molecule has 3 rings (SSSR count). The number of hydrogen-bond donors (Lipinski definition) is 1. The Labute approximate surface area is 163 Å². The fourth-order valence-electron chi connectivity index (χ4n) is 2.56. The number of rotatable bonds is 7. The third-order valence-corrected chi connectivity index (χ3v) is 4.59. The van der Waals surface area contributed by atoms with Gasteiger partial charge in [0.25, 0.3) is 5.91 Å². The minimum atomic E-state index is -0.248. The maximum atomic E-state index is 12.7. The number of aryl methyl sites for hydroxylation is 1. The second-order valence-electron chi connectivity index (χ2n) is 5.92. The number of amides is 1. The summed E-state index contributed by atoms with van der Waals surface area (Å²) >= 11 is 1.39. The van der Waals surface area contributed by atoms with Crippen LogP contribution in [0.3, 0.4) is 0 Å². The van der Waals surface area contributed by atoms with Crippen molar-refractivity contribution in [3.05, 3.63) is 59.0 Å². The smallest absolute Gasteiger partial charge is 0.257 e. The zero-order valence-corrected chi connectivity index (χ0v) is 16.4. The van der Waals surface area contributed by atoms with Gasteiger partial charge >= 0.3 is 0 Å². The molecule has 0 bridgehead atoms. The van der Waals surface area contributed by atoms with Crippen molar-refractivity contribution in [2.75, 3.05) is 18.5 Å². The summed E-state index contributed by atoms with van der Waals surface area (Å²) < 4.78 is 11.1. The van der Waals surface area contributed by atoms with E-state index in [1.54, 1.807) is 18.2 Å². The van der Waals surface area contributed by atoms with Crippen LogP contribution in [0.5, 0.6) is 11.5 Å². The van der Waals surface area contributed by atoms with E-state index >= 15 is 0 Å². The zero-order chi connectivity index (χ0) is 19.2. The van der Waals surface area contributed by atoms with E-state index in [0.29, 0.717) is 35.4 Å². The quantitative estimate of drug-likeness (QED) is 0.612. The van der Waals surface area contributed by atoms with E-state index in [1.807, 2.05) is 50.4 Å². The number of aromatic nitrogens is 1. The van der Waals surface area contributed by atoms with Gasteiger partial charge in [0.1, 0.15) is 11.5 Å². The summed E-state index contributed by atoms with van der Waals surface area (Å²) in [4.78, 5) is 17.2. The molecule has 3 aromatic rings. The molecule has 1 amide bonds. The molecule has 2 aromatic carbocycles. The van der Waals surface area contributed by atoms with Crippen molar-refractivity contribution in [2.24, 2.45) is 0 Å². The van der Waals surface area contributed by atoms with Gasteiger partial charge in [0.05, 0.1) is 18.9 Å². The van der Waals surface area contributed by atoms with Crippen molar-refractivity contribution in [3.8, 4) is 22.8 Å². The minimum Gasteiger partial charge on any atom is -0.494 e. The van der Waals surface area contributed by atoms with Gasteiger partial charge in [-0.05, 0) is 32.9 Å². The summed E-state index contributed by atoms with van der Waals surface area (Å²) in [7, 11) is 0. The lowest BCUT2D eigenvalue weighted by molar-refractivity contribution is 0.102. The molecule has 0 spiro atoms. The summed E-state index contributed by atoms with van der Waals surface area (Å²) in [6, 6.07) is 13.3. The topological polar surface area (TPSA) is 60.5 Å². The molecule has 0 unspecified atom stereocenters. The number of carbonyl (C=O) groups excluding carboxylic acids is 1. The molecule has 140 valence electrons. The van der Waals surface area contributed by atoms with Crippen molar-refractivity contribution in [1.29, 1.82) is 0 Å². The monoisotopic (exact) mass is 382 g/mol. The van der Waals surface area contributed by atoms with Crippen LogP contribution in [0, 0.1) is 6.92 Å². The molecule has 0 fully saturated rings. The Morgan fingerprint density at radius 3 is 2.26 bits per heavy atom. The fraction of sp³-hybridized carbons (Fsp3) is 0.238. The molecule has 1 N–H and O–H groups in total. The molecule has 0 radical (unpaired) electrons. The summed E-state index contributed by atoms with van der Waals surface area (Å²) in [5.41, 5.74) is 3.53. The predicted molar refractivity (Wildman–Crippen MR) is 109 cm³/mol. The van der Waals surface area contributed by atoms with Gasteiger partial charge in [0.2, 0.25) is 0 Å². The van der Waals surface area contributed by atoms with Crippen LogP contribution in [0.15, 0.2) is 47.8 Å². The van der Waals surface area contributed by atoms with Gasteiger partial charge in [0, 0.05) is 22.6 Å². The first-order chi connectivity index (χ1) is 13.1. The van der Waals surface area contributed by atoms with E-state index in [-0.39, 0.29) is 5.91 Å². The van der Waals surface area contributed by atoms with E-state index in [0.717, 1.165) is 11.3 Å². The van der Waals surface area contributed by atoms with Crippen LogP contribution in [0.25, 0.3) is 11.3 Å². The van der Waals surface area contributed by atoms with Crippen molar-refractivity contribution < 1.29 is 14.3 Å². The molecule has 1 heterocycles. The number of thiazole rings is 1. The summed E-state index contributed by atoms with van der Waals surface area (Å²) in [5, 5.41) is 5.34. The Kier molecular flexibility index (Phi) is 6.08. The summed E-state index contributed by atoms with van der Waals surface area (Å²) in [6.07, 6.45) is 0. The standard InChI is InChI=1S/C21H22N2O3S/c1-4-25-17-10-16(11-18(12-17)26-5-2)20(24)23-21-22-19(13-27-21)15-8-6-14(3)7-9-15/h6-13H,4-5H2,1-3H3,(H,22,23,24). The summed E-state index contributed by atoms with van der Waals surface area (Å²) in [6.45, 7) is 6.87. The summed E-state index contributed by atoms with van der Waals surface area (Å²) in [5.74, 6) is 0.962. The van der Waals surface area contributed by atoms with Crippen LogP contribution < -0.4 is 14.8 Å². The highest BCUT2D eigenvalue weighted by molar-refractivity contribution is 7.14. The molecule has 0 saturated carbocycles. The third-order valence-electron chi connectivity index (χ3n) is 3.84. The average Bonchev–Trinajstić information content (AvgIpc) is 3.11. The Balaban J connectivity index is 1.78. The molecule has 0 aliphatic heterocycles. The van der Waals surface area contributed by atoms with Gasteiger partial charge < -0.3 is 9.47 Å². The highest BCUT2D eigenvalue weighted by Gasteiger charge is 2.13. The van der Waals surface area contributed by atoms with Gasteiger partial charge in [-0.1, -0.05) is 29.8 Å². The molecule has 0 aliphatic carbocycles. The van der Waals surface area contributed by atoms with E-state index < -0.39 is 0 Å². The lowest BCUT2D eigenvalue weighted by Gasteiger charge is -2.10. The minimum absolute atomic E-state index is 0.248. The van der Waals surface area contributed by atoms with Gasteiger partial charge in [0.15, 0.2) is 5.13 Å². The molecule has 27 heavy (non-hydrogen) atoms. The first kappa shape index (κ1) is 18.9. The average molecular weight is 382 g/mol. The predicted octanol–water partition coefficient (Wildman–Crippen LogP) is 5.17. The molecule has 5 nitrogen and oxygen atoms in total. The molecular weight excluding hydrogens is 360 g/mol. The molecule has 1 aromatic heterocycles. The molecule has 0 atom stereocenters. The van der Waals surface area contributed by atoms with Crippen LogP contribution in [0.2, 0.25) is 0 Å². The van der Waals surface area contributed by atoms with Crippen LogP contribution in [0.1, 0.15) is 29.8 Å². The van der Waals surface area contributed by atoms with E-state index in [1.165, 1.54) is 16.9 Å². The number of ether oxygens (including phenoxy) is 2. The number of nitrogens with one attached hydrogen (secondary N) is 1. The third kappa shape index (κ3) is 4.86. The molecule has 0 saturated heterocycles. The van der Waals surface area contributed by atoms with Crippen molar-refractivity contribution >= 4 is 22.4 Å². The van der Waals surface area contributed by atoms with Crippen LogP contribution >= 0.6 is 11.3 Å². The number of hydrogen-bond acceptors (Lipinski definition) is 5. The second kappa shape index (κ2) is 8.68. The van der Waals surface area contributed by atoms with E-state index in [9.17, 15) is 4.79 Å². The zero-order valence-electron chi connectivity index (χ0n) is 15.6. The normalized spacial score (nSPS) is 10.5. The molecule has 6 heteroatoms. The number of anilines is 1. The second-order valence-corrected chi connectivity index (χ2v) is 6.78. The van der Waals surface area contributed by atoms with Crippen LogP contribution in [-0.4, -0.2) is 24.1 Å². The SMILES string of the molecule is CCOc1cc(OCC)cc(C(=O)Nc2nc(-c3ccc(C)cc3)cs2)c1. The maximum Gasteiger partial charge on any atom is 0.257 e. The molecule has 0 aliphatic rings. The Bertz CT molecular complexity index is 895. The lowest BCUT2D eigenvalue weighted by Crippen LogP contribution is -2.12. The lowest BCUT2D eigenvalue weighted by atomic mass is 10.1. The van der Waals surface area contributed by atoms with Crippen molar-refractivity contribution in [1.82, 2.24) is 4.98 Å². The Morgan fingerprint density at radius 1 is 1.04 bits per heavy atom. The van der Waals surface area contributed by atoms with Gasteiger partial charge in [-0.3, -0.25) is 10.1 Å². The first-order valence-corrected chi connectivity index (χ1v) is 9.71. The van der Waals surface area contributed by atoms with Gasteiger partial charge in [-0.15, -0.1) is 11.3 Å². The number of benzene rings is 2. The van der Waals surface area contributed by atoms with Crippen LogP contribution in [0.4, 0.5) is 5.13 Å². The highest BCUT2D eigenvalue weighted by atomic mass is 32.1. The van der Waals surface area contributed by atoms with Crippen molar-refractivity contribution in [2.45, 2.75) is 20.8 Å². The van der Waals surface area contributed by atoms with Crippen molar-refractivity contribution in [3.63, 3.8) is 0 Å². The largest absolute Gasteiger partial charge is 0.494 e. The Hall–Kier alpha value is -2.86. The van der Waals surface area contributed by atoms with E-state index in [4.69, 9.17) is 9.47 Å². The van der Waals surface area contributed by atoms with Gasteiger partial charge in [-0.2, -0.15) is 0 Å². The number of carbonyl (C=O) groups is 1. The van der Waals surface area contributed by atoms with Crippen LogP contribution in [-0.2, 0) is 0 Å². The van der Waals surface area contributed by atoms with E-state index in [2.05, 4.69) is 10.3 Å².